The van der Waals surface area contributed by atoms with Gasteiger partial charge in [0, 0.05) is 11.7 Å². The minimum atomic E-state index is 0.476. The lowest BCUT2D eigenvalue weighted by Crippen LogP contribution is -2.25. The molecule has 5 heteroatoms. The lowest BCUT2D eigenvalue weighted by molar-refractivity contribution is 0.501. The van der Waals surface area contributed by atoms with Crippen LogP contribution in [0.2, 0.25) is 10.0 Å². The van der Waals surface area contributed by atoms with Crippen molar-refractivity contribution in [3.63, 3.8) is 0 Å². The van der Waals surface area contributed by atoms with Gasteiger partial charge in [0.05, 0.1) is 28.5 Å². The van der Waals surface area contributed by atoms with Crippen LogP contribution in [0, 0.1) is 0 Å². The predicted molar refractivity (Wildman–Crippen MR) is 78.8 cm³/mol. The Morgan fingerprint density at radius 3 is 2.47 bits per heavy atom. The first-order chi connectivity index (χ1) is 9.15. The van der Waals surface area contributed by atoms with E-state index in [1.165, 1.54) is 0 Å². The van der Waals surface area contributed by atoms with Crippen molar-refractivity contribution in [2.24, 2.45) is 0 Å². The molecule has 1 aromatic heterocycles. The van der Waals surface area contributed by atoms with Crippen LogP contribution in [0.4, 0.5) is 11.4 Å². The summed E-state index contributed by atoms with van der Waals surface area (Å²) < 4.78 is 5.41. The fourth-order valence-electron chi connectivity index (χ4n) is 2.21. The highest BCUT2D eigenvalue weighted by atomic mass is 35.5. The van der Waals surface area contributed by atoms with E-state index in [9.17, 15) is 0 Å². The number of halogens is 2. The SMILES string of the molecule is Nc1cc(Cl)c(N(Cc2ccco2)C2CC2)c(Cl)c1. The molecule has 3 nitrogen and oxygen atoms in total. The lowest BCUT2D eigenvalue weighted by atomic mass is 10.2. The normalized spacial score (nSPS) is 14.6. The number of hydrogen-bond acceptors (Lipinski definition) is 3. The molecule has 0 bridgehead atoms. The van der Waals surface area contributed by atoms with E-state index in [0.29, 0.717) is 28.3 Å². The van der Waals surface area contributed by atoms with Crippen molar-refractivity contribution in [2.45, 2.75) is 25.4 Å². The van der Waals surface area contributed by atoms with Gasteiger partial charge in [0.2, 0.25) is 0 Å². The van der Waals surface area contributed by atoms with Crippen molar-refractivity contribution >= 4 is 34.6 Å². The van der Waals surface area contributed by atoms with Crippen molar-refractivity contribution in [1.82, 2.24) is 0 Å². The fourth-order valence-corrected chi connectivity index (χ4v) is 2.93. The molecule has 2 N–H and O–H groups in total. The summed E-state index contributed by atoms with van der Waals surface area (Å²) in [4.78, 5) is 2.20. The van der Waals surface area contributed by atoms with Gasteiger partial charge >= 0.3 is 0 Å². The van der Waals surface area contributed by atoms with Gasteiger partial charge in [0.1, 0.15) is 5.76 Å². The second-order valence-corrected chi connectivity index (χ2v) is 5.59. The van der Waals surface area contributed by atoms with Crippen LogP contribution in [0.5, 0.6) is 0 Å². The molecule has 1 heterocycles. The maximum absolute atomic E-state index is 6.30. The third-order valence-corrected chi connectivity index (χ3v) is 3.80. The van der Waals surface area contributed by atoms with Gasteiger partial charge in [-0.15, -0.1) is 0 Å². The maximum Gasteiger partial charge on any atom is 0.123 e. The van der Waals surface area contributed by atoms with Gasteiger partial charge in [-0.2, -0.15) is 0 Å². The number of nitrogens with zero attached hydrogens (tertiary/aromatic N) is 1. The van der Waals surface area contributed by atoms with Crippen LogP contribution in [0.1, 0.15) is 18.6 Å². The number of furan rings is 1. The topological polar surface area (TPSA) is 42.4 Å². The number of rotatable bonds is 4. The monoisotopic (exact) mass is 296 g/mol. The van der Waals surface area contributed by atoms with Crippen LogP contribution in [-0.2, 0) is 6.54 Å². The molecule has 0 atom stereocenters. The maximum atomic E-state index is 6.30. The summed E-state index contributed by atoms with van der Waals surface area (Å²) in [5.74, 6) is 0.899. The zero-order valence-corrected chi connectivity index (χ0v) is 11.8. The average molecular weight is 297 g/mol. The Morgan fingerprint density at radius 2 is 1.95 bits per heavy atom. The highest BCUT2D eigenvalue weighted by molar-refractivity contribution is 6.39. The van der Waals surface area contributed by atoms with Crippen molar-refractivity contribution in [3.05, 3.63) is 46.3 Å². The summed E-state index contributed by atoms with van der Waals surface area (Å²) >= 11 is 12.6. The summed E-state index contributed by atoms with van der Waals surface area (Å²) in [7, 11) is 0. The van der Waals surface area contributed by atoms with Gasteiger partial charge in [-0.25, -0.2) is 0 Å². The number of hydrogen-bond donors (Lipinski definition) is 1. The average Bonchev–Trinajstić information content (AvgIpc) is 3.05. The molecule has 0 aliphatic heterocycles. The van der Waals surface area contributed by atoms with Crippen LogP contribution < -0.4 is 10.6 Å². The van der Waals surface area contributed by atoms with Gasteiger partial charge in [0.15, 0.2) is 0 Å². The molecular formula is C14H14Cl2N2O. The van der Waals surface area contributed by atoms with Crippen LogP contribution in [0.3, 0.4) is 0 Å². The molecule has 2 aromatic rings. The van der Waals surface area contributed by atoms with Crippen LogP contribution in [0.15, 0.2) is 34.9 Å². The second kappa shape index (κ2) is 4.99. The predicted octanol–water partition coefficient (Wildman–Crippen LogP) is 4.34. The molecule has 0 spiro atoms. The molecule has 1 aromatic carbocycles. The zero-order chi connectivity index (χ0) is 13.4. The molecule has 1 fully saturated rings. The lowest BCUT2D eigenvalue weighted by Gasteiger charge is -2.26. The molecule has 1 aliphatic rings. The number of anilines is 2. The molecule has 0 amide bonds. The Bertz CT molecular complexity index is 556. The number of benzene rings is 1. The Hall–Kier alpha value is -1.32. The summed E-state index contributed by atoms with van der Waals surface area (Å²) in [5.41, 5.74) is 7.17. The summed E-state index contributed by atoms with van der Waals surface area (Å²) in [6.45, 7) is 0.668. The van der Waals surface area contributed by atoms with E-state index in [1.54, 1.807) is 18.4 Å². The number of nitrogens with two attached hydrogens (primary N) is 1. The van der Waals surface area contributed by atoms with E-state index >= 15 is 0 Å². The van der Waals surface area contributed by atoms with Gasteiger partial charge in [-0.05, 0) is 37.1 Å². The van der Waals surface area contributed by atoms with Crippen LogP contribution >= 0.6 is 23.2 Å². The van der Waals surface area contributed by atoms with Crippen LogP contribution in [-0.4, -0.2) is 6.04 Å². The Balaban J connectivity index is 1.96. The smallest absolute Gasteiger partial charge is 0.123 e. The molecule has 0 unspecified atom stereocenters. The van der Waals surface area contributed by atoms with Gasteiger partial charge in [-0.1, -0.05) is 23.2 Å². The first-order valence-corrected chi connectivity index (χ1v) is 6.94. The Labute approximate surface area is 121 Å². The van der Waals surface area contributed by atoms with Crippen molar-refractivity contribution in [2.75, 3.05) is 10.6 Å². The quantitative estimate of drug-likeness (QED) is 0.854. The highest BCUT2D eigenvalue weighted by Crippen LogP contribution is 2.42. The summed E-state index contributed by atoms with van der Waals surface area (Å²) in [6, 6.07) is 7.78. The second-order valence-electron chi connectivity index (χ2n) is 4.77. The van der Waals surface area contributed by atoms with E-state index in [0.717, 1.165) is 24.3 Å². The molecule has 1 aliphatic carbocycles. The minimum Gasteiger partial charge on any atom is -0.467 e. The zero-order valence-electron chi connectivity index (χ0n) is 10.3. The Morgan fingerprint density at radius 1 is 1.26 bits per heavy atom. The first-order valence-electron chi connectivity index (χ1n) is 6.18. The van der Waals surface area contributed by atoms with Crippen LogP contribution in [0.25, 0.3) is 0 Å². The van der Waals surface area contributed by atoms with E-state index in [-0.39, 0.29) is 0 Å². The number of nitrogen functional groups attached to an aromatic ring is 1. The molecule has 19 heavy (non-hydrogen) atoms. The molecule has 1 saturated carbocycles. The molecule has 0 saturated heterocycles. The Kier molecular flexibility index (Phi) is 3.33. The van der Waals surface area contributed by atoms with Gasteiger partial charge in [0.25, 0.3) is 0 Å². The minimum absolute atomic E-state index is 0.476. The standard InChI is InChI=1S/C14H14Cl2N2O/c15-12-6-9(17)7-13(16)14(12)18(10-3-4-10)8-11-2-1-5-19-11/h1-2,5-7,10H,3-4,8,17H2. The summed E-state index contributed by atoms with van der Waals surface area (Å²) in [6.07, 6.45) is 3.97. The van der Waals surface area contributed by atoms with E-state index in [1.807, 2.05) is 12.1 Å². The van der Waals surface area contributed by atoms with Gasteiger partial charge < -0.3 is 15.1 Å². The third-order valence-electron chi connectivity index (χ3n) is 3.22. The van der Waals surface area contributed by atoms with Crippen molar-refractivity contribution in [1.29, 1.82) is 0 Å². The molecule has 3 rings (SSSR count). The first kappa shape index (κ1) is 12.7. The summed E-state index contributed by atoms with van der Waals surface area (Å²) in [5, 5.41) is 1.17. The molecule has 0 radical (unpaired) electrons. The van der Waals surface area contributed by atoms with E-state index in [2.05, 4.69) is 4.90 Å². The van der Waals surface area contributed by atoms with Crippen molar-refractivity contribution < 1.29 is 4.42 Å². The fraction of sp³-hybridized carbons (Fsp3) is 0.286. The highest BCUT2D eigenvalue weighted by Gasteiger charge is 2.32. The van der Waals surface area contributed by atoms with Gasteiger partial charge in [-0.3, -0.25) is 0 Å². The molecule has 100 valence electrons. The third kappa shape index (κ3) is 2.67. The molecular weight excluding hydrogens is 283 g/mol. The van der Waals surface area contributed by atoms with E-state index in [4.69, 9.17) is 33.4 Å². The van der Waals surface area contributed by atoms with E-state index < -0.39 is 0 Å². The largest absolute Gasteiger partial charge is 0.467 e. The van der Waals surface area contributed by atoms with Crippen molar-refractivity contribution in [3.8, 4) is 0 Å².